The van der Waals surface area contributed by atoms with Gasteiger partial charge in [-0.05, 0) is 26.0 Å². The zero-order valence-electron chi connectivity index (χ0n) is 15.7. The number of amides is 1. The van der Waals surface area contributed by atoms with Gasteiger partial charge in [-0.3, -0.25) is 4.79 Å². The Morgan fingerprint density at radius 2 is 2.00 bits per heavy atom. The molecule has 1 atom stereocenters. The van der Waals surface area contributed by atoms with Crippen molar-refractivity contribution < 1.29 is 14.7 Å². The lowest BCUT2D eigenvalue weighted by Crippen LogP contribution is -2.44. The number of carbonyl (C=O) groups is 2. The van der Waals surface area contributed by atoms with Crippen LogP contribution in [0, 0.1) is 13.8 Å². The van der Waals surface area contributed by atoms with Crippen LogP contribution in [-0.2, 0) is 22.4 Å². The number of carbonyl (C=O) groups excluding carboxylic acids is 1. The minimum atomic E-state index is -1.07. The number of fused-ring (bicyclic) bond motifs is 1. The average Bonchev–Trinajstić information content (AvgIpc) is 3.27. The predicted molar refractivity (Wildman–Crippen MR) is 101 cm³/mol. The maximum absolute atomic E-state index is 13.1. The Morgan fingerprint density at radius 3 is 2.71 bits per heavy atom. The van der Waals surface area contributed by atoms with Gasteiger partial charge in [-0.15, -0.1) is 0 Å². The zero-order valence-corrected chi connectivity index (χ0v) is 15.7. The van der Waals surface area contributed by atoms with E-state index < -0.39 is 12.0 Å². The highest BCUT2D eigenvalue weighted by Crippen LogP contribution is 2.29. The van der Waals surface area contributed by atoms with E-state index in [2.05, 4.69) is 15.1 Å². The molecule has 1 aliphatic heterocycles. The van der Waals surface area contributed by atoms with Crippen LogP contribution in [0.5, 0.6) is 0 Å². The quantitative estimate of drug-likeness (QED) is 0.721. The molecule has 0 saturated heterocycles. The molecule has 0 aliphatic carbocycles. The Kier molecular flexibility index (Phi) is 4.46. The van der Waals surface area contributed by atoms with Crippen molar-refractivity contribution in [3.05, 3.63) is 65.0 Å². The molecule has 8 nitrogen and oxygen atoms in total. The lowest BCUT2D eigenvalue weighted by Gasteiger charge is -2.32. The van der Waals surface area contributed by atoms with Gasteiger partial charge in [0.15, 0.2) is 6.04 Å². The number of aromatic amines is 1. The van der Waals surface area contributed by atoms with Gasteiger partial charge in [0.2, 0.25) is 5.91 Å². The Bertz CT molecular complexity index is 1040. The fourth-order valence-corrected chi connectivity index (χ4v) is 3.80. The van der Waals surface area contributed by atoms with Crippen molar-refractivity contribution in [3.63, 3.8) is 0 Å². The van der Waals surface area contributed by atoms with Crippen LogP contribution in [0.4, 0.5) is 0 Å². The number of aromatic nitrogens is 4. The first-order chi connectivity index (χ1) is 13.5. The smallest absolute Gasteiger partial charge is 0.332 e. The number of imidazole rings is 1. The molecule has 0 saturated carbocycles. The maximum Gasteiger partial charge on any atom is 0.332 e. The Morgan fingerprint density at radius 1 is 1.25 bits per heavy atom. The summed E-state index contributed by atoms with van der Waals surface area (Å²) in [5.74, 6) is -1.31. The molecule has 0 radical (unpaired) electrons. The number of rotatable bonds is 4. The molecule has 0 spiro atoms. The summed E-state index contributed by atoms with van der Waals surface area (Å²) >= 11 is 0. The number of benzene rings is 1. The second kappa shape index (κ2) is 6.95. The van der Waals surface area contributed by atoms with E-state index in [-0.39, 0.29) is 12.3 Å². The van der Waals surface area contributed by atoms with Gasteiger partial charge in [0.05, 0.1) is 29.8 Å². The number of nitrogens with one attached hydrogen (secondary N) is 1. The first-order valence-corrected chi connectivity index (χ1v) is 9.12. The molecule has 2 N–H and O–H groups in total. The maximum atomic E-state index is 13.1. The van der Waals surface area contributed by atoms with Crippen molar-refractivity contribution in [3.8, 4) is 5.69 Å². The Hall–Kier alpha value is -3.42. The lowest BCUT2D eigenvalue weighted by molar-refractivity contribution is -0.151. The molecule has 144 valence electrons. The molecule has 8 heteroatoms. The minimum absolute atomic E-state index is 0.105. The fourth-order valence-electron chi connectivity index (χ4n) is 3.80. The molecule has 1 aliphatic rings. The second-order valence-corrected chi connectivity index (χ2v) is 6.92. The summed E-state index contributed by atoms with van der Waals surface area (Å²) in [5, 5.41) is 14.3. The number of hydrogen-bond acceptors (Lipinski definition) is 4. The molecule has 0 unspecified atom stereocenters. The van der Waals surface area contributed by atoms with Gasteiger partial charge in [-0.25, -0.2) is 14.5 Å². The lowest BCUT2D eigenvalue weighted by atomic mass is 10.0. The van der Waals surface area contributed by atoms with E-state index in [1.54, 1.807) is 0 Å². The summed E-state index contributed by atoms with van der Waals surface area (Å²) in [5.41, 5.74) is 4.58. The van der Waals surface area contributed by atoms with E-state index in [1.807, 2.05) is 48.9 Å². The molecule has 1 amide bonds. The SMILES string of the molecule is Cc1nn(-c2ccccc2)c(C)c1CC(=O)N1CCc2[nH]cnc2[C@@H]1C(=O)O. The molecule has 2 aromatic heterocycles. The van der Waals surface area contributed by atoms with Gasteiger partial charge in [-0.1, -0.05) is 18.2 Å². The molecular formula is C20H21N5O3. The number of nitrogens with zero attached hydrogens (tertiary/aromatic N) is 4. The van der Waals surface area contributed by atoms with Crippen LogP contribution < -0.4 is 0 Å². The van der Waals surface area contributed by atoms with E-state index in [4.69, 9.17) is 0 Å². The van der Waals surface area contributed by atoms with Crippen molar-refractivity contribution in [2.75, 3.05) is 6.54 Å². The third-order valence-electron chi connectivity index (χ3n) is 5.25. The topological polar surface area (TPSA) is 104 Å². The summed E-state index contributed by atoms with van der Waals surface area (Å²) in [6.45, 7) is 4.13. The number of para-hydroxylation sites is 1. The van der Waals surface area contributed by atoms with Gasteiger partial charge in [0.25, 0.3) is 0 Å². The zero-order chi connectivity index (χ0) is 19.8. The monoisotopic (exact) mass is 379 g/mol. The number of aryl methyl sites for hydroxylation is 1. The van der Waals surface area contributed by atoms with Crippen LogP contribution in [0.25, 0.3) is 5.69 Å². The van der Waals surface area contributed by atoms with Crippen LogP contribution in [0.1, 0.15) is 34.4 Å². The van der Waals surface area contributed by atoms with Gasteiger partial charge >= 0.3 is 5.97 Å². The van der Waals surface area contributed by atoms with Gasteiger partial charge < -0.3 is 15.0 Å². The normalized spacial score (nSPS) is 16.1. The Balaban J connectivity index is 1.62. The molecular weight excluding hydrogens is 358 g/mol. The van der Waals surface area contributed by atoms with Crippen molar-refractivity contribution in [2.45, 2.75) is 32.7 Å². The van der Waals surface area contributed by atoms with Crippen molar-refractivity contribution in [1.29, 1.82) is 0 Å². The summed E-state index contributed by atoms with van der Waals surface area (Å²) in [7, 11) is 0. The van der Waals surface area contributed by atoms with Crippen LogP contribution >= 0.6 is 0 Å². The second-order valence-electron chi connectivity index (χ2n) is 6.92. The third kappa shape index (κ3) is 2.96. The van der Waals surface area contributed by atoms with E-state index in [1.165, 1.54) is 11.2 Å². The van der Waals surface area contributed by atoms with Crippen LogP contribution in [-0.4, -0.2) is 48.2 Å². The fraction of sp³-hybridized carbons (Fsp3) is 0.300. The largest absolute Gasteiger partial charge is 0.479 e. The molecule has 3 heterocycles. The number of H-pyrrole nitrogens is 1. The molecule has 0 fully saturated rings. The summed E-state index contributed by atoms with van der Waals surface area (Å²) in [6, 6.07) is 8.65. The summed E-state index contributed by atoms with van der Waals surface area (Å²) in [4.78, 5) is 33.4. The first kappa shape index (κ1) is 18.0. The van der Waals surface area contributed by atoms with Gasteiger partial charge in [0.1, 0.15) is 0 Å². The first-order valence-electron chi connectivity index (χ1n) is 9.12. The molecule has 28 heavy (non-hydrogen) atoms. The predicted octanol–water partition coefficient (Wildman–Crippen LogP) is 1.97. The molecule has 0 bridgehead atoms. The van der Waals surface area contributed by atoms with E-state index >= 15 is 0 Å². The minimum Gasteiger partial charge on any atom is -0.479 e. The van der Waals surface area contributed by atoms with E-state index in [0.717, 1.165) is 28.3 Å². The summed E-state index contributed by atoms with van der Waals surface area (Å²) in [6.07, 6.45) is 2.15. The molecule has 4 rings (SSSR count). The Labute approximate surface area is 161 Å². The van der Waals surface area contributed by atoms with Gasteiger partial charge in [0, 0.05) is 29.9 Å². The highest BCUT2D eigenvalue weighted by molar-refractivity contribution is 5.86. The third-order valence-corrected chi connectivity index (χ3v) is 5.25. The van der Waals surface area contributed by atoms with Crippen LogP contribution in [0.3, 0.4) is 0 Å². The van der Waals surface area contributed by atoms with E-state index in [9.17, 15) is 14.7 Å². The number of aliphatic carboxylic acids is 1. The number of hydrogen-bond donors (Lipinski definition) is 2. The summed E-state index contributed by atoms with van der Waals surface area (Å²) < 4.78 is 1.81. The highest BCUT2D eigenvalue weighted by Gasteiger charge is 2.38. The molecule has 1 aromatic carbocycles. The van der Waals surface area contributed by atoms with Crippen molar-refractivity contribution in [1.82, 2.24) is 24.6 Å². The van der Waals surface area contributed by atoms with E-state index in [0.29, 0.717) is 18.7 Å². The van der Waals surface area contributed by atoms with Crippen molar-refractivity contribution >= 4 is 11.9 Å². The number of carboxylic acids is 1. The molecule has 3 aromatic rings. The van der Waals surface area contributed by atoms with Crippen LogP contribution in [0.2, 0.25) is 0 Å². The highest BCUT2D eigenvalue weighted by atomic mass is 16.4. The number of carboxylic acid groups (broad SMARTS) is 1. The van der Waals surface area contributed by atoms with Crippen molar-refractivity contribution in [2.24, 2.45) is 0 Å². The van der Waals surface area contributed by atoms with Gasteiger partial charge in [-0.2, -0.15) is 5.10 Å². The van der Waals surface area contributed by atoms with Crippen LogP contribution in [0.15, 0.2) is 36.7 Å². The standard InChI is InChI=1S/C20H21N5O3/c1-12-15(13(2)25(23-12)14-6-4-3-5-7-14)10-17(26)24-9-8-16-18(22-11-21-16)19(24)20(27)28/h3-7,11,19H,8-10H2,1-2H3,(H,21,22)(H,27,28)/t19-/m1/s1. The average molecular weight is 379 g/mol.